The highest BCUT2D eigenvalue weighted by Gasteiger charge is 2.33. The number of likely N-dealkylation sites (tertiary alicyclic amines) is 1. The van der Waals surface area contributed by atoms with E-state index in [1.165, 1.54) is 12.5 Å². The summed E-state index contributed by atoms with van der Waals surface area (Å²) >= 11 is 6.16. The van der Waals surface area contributed by atoms with Gasteiger partial charge in [0.25, 0.3) is 0 Å². The standard InChI is InChI=1S/C31H30ClFN2O3/c1-18-12-13-35(16-18)19(2)17-37-24-7-4-21(5-8-24)31-28(25-9-6-23(32)14-22(25)15-34)20(3)29-27(38-31)11-10-26(36)30(29)33/h4-11,14,18-19,31,36H,12-13,16-17H2,1-3H3. The smallest absolute Gasteiger partial charge is 0.176 e. The molecule has 0 saturated carbocycles. The van der Waals surface area contributed by atoms with Gasteiger partial charge in [-0.05, 0) is 85.8 Å². The maximum absolute atomic E-state index is 15.1. The fourth-order valence-corrected chi connectivity index (χ4v) is 5.54. The van der Waals surface area contributed by atoms with E-state index < -0.39 is 17.7 Å². The third-order valence-corrected chi connectivity index (χ3v) is 7.75. The van der Waals surface area contributed by atoms with Gasteiger partial charge in [-0.1, -0.05) is 36.7 Å². The minimum Gasteiger partial charge on any atom is -0.505 e. The second-order valence-electron chi connectivity index (χ2n) is 10.2. The van der Waals surface area contributed by atoms with Crippen LogP contribution < -0.4 is 9.47 Å². The zero-order chi connectivity index (χ0) is 27.0. The molecule has 0 spiro atoms. The molecule has 2 aliphatic heterocycles. The summed E-state index contributed by atoms with van der Waals surface area (Å²) in [5, 5.41) is 20.3. The summed E-state index contributed by atoms with van der Waals surface area (Å²) in [5.41, 5.74) is 3.18. The lowest BCUT2D eigenvalue weighted by atomic mass is 9.84. The van der Waals surface area contributed by atoms with E-state index in [9.17, 15) is 10.4 Å². The highest BCUT2D eigenvalue weighted by atomic mass is 35.5. The van der Waals surface area contributed by atoms with E-state index in [1.54, 1.807) is 31.2 Å². The normalized spacial score (nSPS) is 20.0. The van der Waals surface area contributed by atoms with E-state index >= 15 is 4.39 Å². The van der Waals surface area contributed by atoms with E-state index in [2.05, 4.69) is 24.8 Å². The molecule has 5 nitrogen and oxygen atoms in total. The SMILES string of the molecule is CC1=C(c2ccc(Cl)cc2C#N)C(c2ccc(OCC(C)N3CCC(C)C3)cc2)Oc2ccc(O)c(F)c21. The van der Waals surface area contributed by atoms with Crippen LogP contribution >= 0.6 is 11.6 Å². The third kappa shape index (κ3) is 4.97. The summed E-state index contributed by atoms with van der Waals surface area (Å²) in [6.07, 6.45) is 0.613. The molecule has 5 rings (SSSR count). The fourth-order valence-electron chi connectivity index (χ4n) is 5.36. The van der Waals surface area contributed by atoms with E-state index in [4.69, 9.17) is 21.1 Å². The first kappa shape index (κ1) is 26.1. The molecule has 3 atom stereocenters. The Labute approximate surface area is 227 Å². The number of ether oxygens (including phenoxy) is 2. The second-order valence-corrected chi connectivity index (χ2v) is 10.7. The predicted octanol–water partition coefficient (Wildman–Crippen LogP) is 7.23. The zero-order valence-electron chi connectivity index (χ0n) is 21.7. The van der Waals surface area contributed by atoms with Crippen molar-refractivity contribution in [2.24, 2.45) is 5.92 Å². The third-order valence-electron chi connectivity index (χ3n) is 7.51. The minimum atomic E-state index is -0.756. The lowest BCUT2D eigenvalue weighted by molar-refractivity contribution is 0.169. The van der Waals surface area contributed by atoms with Gasteiger partial charge in [-0.2, -0.15) is 5.26 Å². The minimum absolute atomic E-state index is 0.181. The molecule has 2 aliphatic rings. The number of halogens is 2. The van der Waals surface area contributed by atoms with Crippen LogP contribution in [0, 0.1) is 23.1 Å². The molecule has 196 valence electrons. The molecule has 7 heteroatoms. The van der Waals surface area contributed by atoms with Crippen molar-refractivity contribution in [1.29, 1.82) is 5.26 Å². The highest BCUT2D eigenvalue weighted by Crippen LogP contribution is 2.49. The molecule has 3 unspecified atom stereocenters. The molecular weight excluding hydrogens is 503 g/mol. The number of hydrogen-bond acceptors (Lipinski definition) is 5. The van der Waals surface area contributed by atoms with Gasteiger partial charge in [-0.25, -0.2) is 4.39 Å². The van der Waals surface area contributed by atoms with E-state index in [0.717, 1.165) is 30.3 Å². The second kappa shape index (κ2) is 10.7. The lowest BCUT2D eigenvalue weighted by Crippen LogP contribution is -2.35. The first-order chi connectivity index (χ1) is 18.3. The molecule has 0 aromatic heterocycles. The van der Waals surface area contributed by atoms with E-state index in [1.807, 2.05) is 24.3 Å². The average Bonchev–Trinajstić information content (AvgIpc) is 3.36. The Morgan fingerprint density at radius 1 is 1.21 bits per heavy atom. The van der Waals surface area contributed by atoms with Gasteiger partial charge in [-0.3, -0.25) is 4.90 Å². The van der Waals surface area contributed by atoms with Gasteiger partial charge in [-0.15, -0.1) is 0 Å². The summed E-state index contributed by atoms with van der Waals surface area (Å²) < 4.78 is 27.5. The van der Waals surface area contributed by atoms with Gasteiger partial charge < -0.3 is 14.6 Å². The number of benzene rings is 3. The van der Waals surface area contributed by atoms with Crippen LogP contribution in [0.25, 0.3) is 11.1 Å². The number of rotatable bonds is 6. The van der Waals surface area contributed by atoms with E-state index in [-0.39, 0.29) is 5.56 Å². The van der Waals surface area contributed by atoms with Crippen molar-refractivity contribution < 1.29 is 19.0 Å². The molecule has 0 radical (unpaired) electrons. The van der Waals surface area contributed by atoms with Crippen LogP contribution in [0.15, 0.2) is 54.6 Å². The molecule has 38 heavy (non-hydrogen) atoms. The Hall–Kier alpha value is -3.53. The van der Waals surface area contributed by atoms with Crippen molar-refractivity contribution in [2.75, 3.05) is 19.7 Å². The summed E-state index contributed by atoms with van der Waals surface area (Å²) in [6.45, 7) is 9.06. The molecule has 1 saturated heterocycles. The Kier molecular flexibility index (Phi) is 7.34. The molecule has 3 aromatic carbocycles. The van der Waals surface area contributed by atoms with Crippen LogP contribution in [0.1, 0.15) is 55.5 Å². The van der Waals surface area contributed by atoms with Crippen molar-refractivity contribution in [3.63, 3.8) is 0 Å². The summed E-state index contributed by atoms with van der Waals surface area (Å²) in [5.74, 6) is 0.594. The molecule has 3 aromatic rings. The zero-order valence-corrected chi connectivity index (χ0v) is 22.4. The van der Waals surface area contributed by atoms with Crippen LogP contribution in [0.2, 0.25) is 5.02 Å². The maximum atomic E-state index is 15.1. The predicted molar refractivity (Wildman–Crippen MR) is 147 cm³/mol. The first-order valence-corrected chi connectivity index (χ1v) is 13.2. The molecule has 1 fully saturated rings. The highest BCUT2D eigenvalue weighted by molar-refractivity contribution is 6.30. The first-order valence-electron chi connectivity index (χ1n) is 12.8. The molecule has 0 bridgehead atoms. The molecule has 0 amide bonds. The van der Waals surface area contributed by atoms with Gasteiger partial charge in [0, 0.05) is 23.2 Å². The monoisotopic (exact) mass is 532 g/mol. The largest absolute Gasteiger partial charge is 0.505 e. The van der Waals surface area contributed by atoms with E-state index in [0.29, 0.717) is 45.7 Å². The Bertz CT molecular complexity index is 1430. The molecule has 1 N–H and O–H groups in total. The van der Waals surface area contributed by atoms with Gasteiger partial charge in [0.05, 0.1) is 17.2 Å². The van der Waals surface area contributed by atoms with Crippen molar-refractivity contribution in [3.8, 4) is 23.3 Å². The van der Waals surface area contributed by atoms with Crippen LogP contribution in [0.4, 0.5) is 4.39 Å². The van der Waals surface area contributed by atoms with Crippen LogP contribution in [0.5, 0.6) is 17.2 Å². The molecule has 0 aliphatic carbocycles. The van der Waals surface area contributed by atoms with Crippen LogP contribution in [-0.4, -0.2) is 35.7 Å². The Balaban J connectivity index is 1.48. The van der Waals surface area contributed by atoms with Gasteiger partial charge in [0.2, 0.25) is 0 Å². The summed E-state index contributed by atoms with van der Waals surface area (Å²) in [4.78, 5) is 2.46. The number of nitriles is 1. The van der Waals surface area contributed by atoms with Gasteiger partial charge >= 0.3 is 0 Å². The Morgan fingerprint density at radius 3 is 2.66 bits per heavy atom. The number of hydrogen-bond donors (Lipinski definition) is 1. The number of nitrogens with zero attached hydrogens (tertiary/aromatic N) is 2. The Morgan fingerprint density at radius 2 is 1.97 bits per heavy atom. The number of aromatic hydroxyl groups is 1. The average molecular weight is 533 g/mol. The van der Waals surface area contributed by atoms with Crippen LogP contribution in [-0.2, 0) is 0 Å². The van der Waals surface area contributed by atoms with Crippen molar-refractivity contribution >= 4 is 22.7 Å². The number of phenols is 1. The van der Waals surface area contributed by atoms with Crippen molar-refractivity contribution in [2.45, 2.75) is 39.3 Å². The molecule has 2 heterocycles. The van der Waals surface area contributed by atoms with Crippen molar-refractivity contribution in [1.82, 2.24) is 4.90 Å². The number of fused-ring (bicyclic) bond motifs is 1. The topological polar surface area (TPSA) is 65.7 Å². The van der Waals surface area contributed by atoms with Gasteiger partial charge in [0.15, 0.2) is 11.6 Å². The summed E-state index contributed by atoms with van der Waals surface area (Å²) in [6, 6.07) is 18.1. The quantitative estimate of drug-likeness (QED) is 0.363. The lowest BCUT2D eigenvalue weighted by Gasteiger charge is -2.32. The molecular formula is C31H30ClFN2O3. The van der Waals surface area contributed by atoms with Gasteiger partial charge in [0.1, 0.15) is 24.2 Å². The number of phenolic OH excluding ortho intramolecular Hbond substituents is 1. The van der Waals surface area contributed by atoms with Crippen LogP contribution in [0.3, 0.4) is 0 Å². The number of allylic oxidation sites excluding steroid dienone is 1. The fraction of sp³-hybridized carbons (Fsp3) is 0.323. The summed E-state index contributed by atoms with van der Waals surface area (Å²) in [7, 11) is 0. The maximum Gasteiger partial charge on any atom is 0.176 e. The van der Waals surface area contributed by atoms with Crippen molar-refractivity contribution in [3.05, 3.63) is 87.7 Å².